The van der Waals surface area contributed by atoms with Crippen LogP contribution in [-0.4, -0.2) is 62.3 Å². The van der Waals surface area contributed by atoms with Gasteiger partial charge in [-0.2, -0.15) is 23.1 Å². The number of hydrogen-bond acceptors (Lipinski definition) is 8. The van der Waals surface area contributed by atoms with Crippen LogP contribution in [0.15, 0.2) is 24.3 Å². The van der Waals surface area contributed by atoms with Crippen LogP contribution in [0.25, 0.3) is 11.2 Å². The second kappa shape index (κ2) is 11.1. The zero-order valence-electron chi connectivity index (χ0n) is 23.7. The van der Waals surface area contributed by atoms with E-state index in [9.17, 15) is 13.2 Å². The number of alkyl halides is 3. The Kier molecular flexibility index (Phi) is 7.95. The minimum atomic E-state index is -4.35. The van der Waals surface area contributed by atoms with Crippen molar-refractivity contribution < 1.29 is 17.9 Å². The maximum atomic E-state index is 13.2. The second-order valence-electron chi connectivity index (χ2n) is 11.4. The highest BCUT2D eigenvalue weighted by molar-refractivity contribution is 5.85. The maximum absolute atomic E-state index is 13.2. The monoisotopic (exact) mass is 560 g/mol. The number of hydrogen-bond donors (Lipinski definition) is 2. The summed E-state index contributed by atoms with van der Waals surface area (Å²) in [5.41, 5.74) is 4.33. The Morgan fingerprint density at radius 1 is 1.07 bits per heavy atom. The normalized spacial score (nSPS) is 23.4. The smallest absolute Gasteiger partial charge is 0.376 e. The SMILES string of the molecule is Cc1nc2c(N3C[C@@H](C)N(C(c4ccc(C(F)(F)F)cc4)C(C)C)C[C@@H]3C)nc(NN)nc2n1CC1CCCO1. The Hall–Kier alpha value is -2.96. The average Bonchev–Trinajstić information content (AvgIpc) is 3.53. The van der Waals surface area contributed by atoms with Crippen molar-refractivity contribution in [2.75, 3.05) is 30.0 Å². The molecule has 2 aliphatic rings. The number of nitrogens with two attached hydrogens (primary N) is 1. The predicted molar refractivity (Wildman–Crippen MR) is 149 cm³/mol. The number of benzene rings is 1. The molecule has 2 saturated heterocycles. The number of fused-ring (bicyclic) bond motifs is 1. The van der Waals surface area contributed by atoms with Crippen LogP contribution in [0.5, 0.6) is 0 Å². The van der Waals surface area contributed by atoms with Gasteiger partial charge in [0.1, 0.15) is 5.82 Å². The van der Waals surface area contributed by atoms with E-state index in [1.165, 1.54) is 12.1 Å². The van der Waals surface area contributed by atoms with Gasteiger partial charge in [0.25, 0.3) is 0 Å². The molecule has 218 valence electrons. The second-order valence-corrected chi connectivity index (χ2v) is 11.4. The van der Waals surface area contributed by atoms with Gasteiger partial charge in [-0.15, -0.1) is 0 Å². The molecule has 3 N–H and O–H groups in total. The molecule has 40 heavy (non-hydrogen) atoms. The summed E-state index contributed by atoms with van der Waals surface area (Å²) in [6, 6.07) is 5.73. The lowest BCUT2D eigenvalue weighted by atomic mass is 9.90. The number of imidazole rings is 1. The van der Waals surface area contributed by atoms with Gasteiger partial charge in [0.15, 0.2) is 17.0 Å². The van der Waals surface area contributed by atoms with Gasteiger partial charge in [-0.3, -0.25) is 10.3 Å². The molecule has 9 nitrogen and oxygen atoms in total. The molecule has 3 aromatic rings. The molecule has 4 atom stereocenters. The number of aryl methyl sites for hydroxylation is 1. The van der Waals surface area contributed by atoms with Gasteiger partial charge in [-0.1, -0.05) is 26.0 Å². The van der Waals surface area contributed by atoms with Crippen molar-refractivity contribution in [3.05, 3.63) is 41.2 Å². The third kappa shape index (κ3) is 5.48. The third-order valence-electron chi connectivity index (χ3n) is 8.18. The van der Waals surface area contributed by atoms with Crippen LogP contribution in [0.3, 0.4) is 0 Å². The van der Waals surface area contributed by atoms with Gasteiger partial charge >= 0.3 is 6.18 Å². The Balaban J connectivity index is 1.45. The zero-order chi connectivity index (χ0) is 28.8. The van der Waals surface area contributed by atoms with Crippen LogP contribution in [0, 0.1) is 12.8 Å². The minimum absolute atomic E-state index is 0.0264. The van der Waals surface area contributed by atoms with E-state index < -0.39 is 11.7 Å². The number of hydrazine groups is 1. The Morgan fingerprint density at radius 2 is 1.80 bits per heavy atom. The van der Waals surface area contributed by atoms with Gasteiger partial charge in [-0.05, 0) is 57.2 Å². The fraction of sp³-hybridized carbons (Fsp3) is 0.607. The molecule has 2 unspecified atom stereocenters. The van der Waals surface area contributed by atoms with Crippen LogP contribution >= 0.6 is 0 Å². The quantitative estimate of drug-likeness (QED) is 0.311. The Bertz CT molecular complexity index is 1320. The van der Waals surface area contributed by atoms with Crippen molar-refractivity contribution in [3.8, 4) is 0 Å². The van der Waals surface area contributed by atoms with E-state index in [2.05, 4.69) is 52.5 Å². The van der Waals surface area contributed by atoms with Gasteiger partial charge < -0.3 is 14.2 Å². The molecular formula is C28H39F3N8O. The molecule has 12 heteroatoms. The lowest BCUT2D eigenvalue weighted by molar-refractivity contribution is -0.137. The first kappa shape index (κ1) is 28.6. The molecule has 0 amide bonds. The molecule has 0 spiro atoms. The number of nitrogen functional groups attached to an aromatic ring is 1. The van der Waals surface area contributed by atoms with Crippen LogP contribution < -0.4 is 16.2 Å². The lowest BCUT2D eigenvalue weighted by Gasteiger charge is -2.49. The first-order valence-electron chi connectivity index (χ1n) is 14.0. The molecule has 5 rings (SSSR count). The lowest BCUT2D eigenvalue weighted by Crippen LogP contribution is -2.58. The summed E-state index contributed by atoms with van der Waals surface area (Å²) in [4.78, 5) is 19.0. The fourth-order valence-corrected chi connectivity index (χ4v) is 6.24. The average molecular weight is 561 g/mol. The Morgan fingerprint density at radius 3 is 2.40 bits per heavy atom. The highest BCUT2D eigenvalue weighted by Crippen LogP contribution is 2.37. The van der Waals surface area contributed by atoms with Gasteiger partial charge in [0, 0.05) is 37.8 Å². The van der Waals surface area contributed by atoms with Crippen LogP contribution in [-0.2, 0) is 17.5 Å². The number of halogens is 3. The van der Waals surface area contributed by atoms with E-state index in [0.29, 0.717) is 25.6 Å². The molecule has 2 aromatic heterocycles. The van der Waals surface area contributed by atoms with E-state index in [1.54, 1.807) is 12.1 Å². The molecule has 1 aromatic carbocycles. The Labute approximate surface area is 232 Å². The molecule has 2 fully saturated rings. The summed E-state index contributed by atoms with van der Waals surface area (Å²) in [6.45, 7) is 13.3. The van der Waals surface area contributed by atoms with Gasteiger partial charge in [0.2, 0.25) is 5.95 Å². The number of nitrogens with one attached hydrogen (secondary N) is 1. The molecule has 2 aliphatic heterocycles. The van der Waals surface area contributed by atoms with Gasteiger partial charge in [-0.25, -0.2) is 10.8 Å². The molecule has 4 heterocycles. The van der Waals surface area contributed by atoms with Gasteiger partial charge in [0.05, 0.1) is 18.2 Å². The van der Waals surface area contributed by atoms with E-state index >= 15 is 0 Å². The van der Waals surface area contributed by atoms with E-state index in [1.807, 2.05) is 6.92 Å². The molecule has 0 bridgehead atoms. The summed E-state index contributed by atoms with van der Waals surface area (Å²) in [5.74, 6) is 7.88. The first-order valence-corrected chi connectivity index (χ1v) is 14.0. The van der Waals surface area contributed by atoms with E-state index in [4.69, 9.17) is 20.5 Å². The van der Waals surface area contributed by atoms with E-state index in [0.717, 1.165) is 47.8 Å². The summed E-state index contributed by atoms with van der Waals surface area (Å²) in [7, 11) is 0. The van der Waals surface area contributed by atoms with Crippen LogP contribution in [0.4, 0.5) is 24.9 Å². The molecule has 0 saturated carbocycles. The summed E-state index contributed by atoms with van der Waals surface area (Å²) in [6.07, 6.45) is -2.17. The van der Waals surface area contributed by atoms with Crippen molar-refractivity contribution in [3.63, 3.8) is 0 Å². The largest absolute Gasteiger partial charge is 0.416 e. The van der Waals surface area contributed by atoms with Crippen molar-refractivity contribution in [1.29, 1.82) is 0 Å². The highest BCUT2D eigenvalue weighted by Gasteiger charge is 2.38. The van der Waals surface area contributed by atoms with Crippen LogP contribution in [0.2, 0.25) is 0 Å². The van der Waals surface area contributed by atoms with Crippen molar-refractivity contribution in [2.24, 2.45) is 11.8 Å². The number of rotatable bonds is 7. The van der Waals surface area contributed by atoms with E-state index in [-0.39, 0.29) is 30.1 Å². The predicted octanol–water partition coefficient (Wildman–Crippen LogP) is 4.91. The molecular weight excluding hydrogens is 521 g/mol. The van der Waals surface area contributed by atoms with Crippen molar-refractivity contribution in [1.82, 2.24) is 24.4 Å². The standard InChI is InChI=1S/C28H39F3N8O/c1-16(2)24(20-8-10-21(11-9-20)28(29,30)31)37-13-18(4)38(14-17(37)3)25-23-26(35-27(34-25)36-32)39(19(5)33-23)15-22-7-6-12-40-22/h8-11,16-18,22,24H,6-7,12-15,32H2,1-5H3,(H,34,35,36)/t17-,18+,22?,24?/m1/s1. The number of anilines is 2. The topological polar surface area (TPSA) is 97.4 Å². The number of ether oxygens (including phenoxy) is 1. The fourth-order valence-electron chi connectivity index (χ4n) is 6.24. The first-order chi connectivity index (χ1) is 19.0. The maximum Gasteiger partial charge on any atom is 0.416 e. The van der Waals surface area contributed by atoms with Crippen molar-refractivity contribution >= 4 is 22.9 Å². The highest BCUT2D eigenvalue weighted by atomic mass is 19.4. The van der Waals surface area contributed by atoms with Crippen molar-refractivity contribution in [2.45, 2.75) is 84.4 Å². The molecule has 0 radical (unpaired) electrons. The van der Waals surface area contributed by atoms with Crippen LogP contribution in [0.1, 0.15) is 63.5 Å². The summed E-state index contributed by atoms with van der Waals surface area (Å²) < 4.78 is 47.5. The number of piperazine rings is 1. The zero-order valence-corrected chi connectivity index (χ0v) is 23.7. The summed E-state index contributed by atoms with van der Waals surface area (Å²) >= 11 is 0. The number of nitrogens with zero attached hydrogens (tertiary/aromatic N) is 6. The molecule has 0 aliphatic carbocycles. The third-order valence-corrected chi connectivity index (χ3v) is 8.18. The number of aromatic nitrogens is 4. The summed E-state index contributed by atoms with van der Waals surface area (Å²) in [5, 5.41) is 0. The minimum Gasteiger partial charge on any atom is -0.376 e.